The molecule has 1 heterocycles. The Morgan fingerprint density at radius 3 is 2.60 bits per heavy atom. The van der Waals surface area contributed by atoms with Crippen LogP contribution in [0.25, 0.3) is 6.08 Å². The van der Waals surface area contributed by atoms with E-state index < -0.39 is 10.9 Å². The minimum Gasteiger partial charge on any atom is -0.489 e. The van der Waals surface area contributed by atoms with Crippen LogP contribution in [0.1, 0.15) is 16.7 Å². The molecule has 1 aliphatic rings. The number of esters is 1. The largest absolute Gasteiger partial charge is 0.489 e. The number of rotatable bonds is 6. The average Bonchev–Trinajstić information content (AvgIpc) is 3.13. The molecule has 3 aromatic carbocycles. The highest BCUT2D eigenvalue weighted by atomic mass is 16.6. The van der Waals surface area contributed by atoms with Gasteiger partial charge in [-0.25, -0.2) is 9.79 Å². The Morgan fingerprint density at radius 1 is 1.00 bits per heavy atom. The highest BCUT2D eigenvalue weighted by molar-refractivity contribution is 6.13. The van der Waals surface area contributed by atoms with Gasteiger partial charge in [0.2, 0.25) is 5.90 Å². The predicted molar refractivity (Wildman–Crippen MR) is 111 cm³/mol. The smallest absolute Gasteiger partial charge is 0.363 e. The molecule has 3 aromatic rings. The lowest BCUT2D eigenvalue weighted by molar-refractivity contribution is -0.384. The quantitative estimate of drug-likeness (QED) is 0.263. The van der Waals surface area contributed by atoms with Gasteiger partial charge in [0.05, 0.1) is 4.92 Å². The maximum Gasteiger partial charge on any atom is 0.363 e. The summed E-state index contributed by atoms with van der Waals surface area (Å²) in [6.45, 7) is 0.429. The number of nitro groups is 1. The molecule has 0 spiro atoms. The molecule has 0 N–H and O–H groups in total. The number of hydrogen-bond donors (Lipinski definition) is 0. The number of aliphatic imine (C=N–C) groups is 1. The molecule has 0 fully saturated rings. The molecule has 7 nitrogen and oxygen atoms in total. The number of ether oxygens (including phenoxy) is 2. The van der Waals surface area contributed by atoms with Crippen molar-refractivity contribution in [3.8, 4) is 5.75 Å². The number of nitro benzene ring substituents is 1. The fraction of sp³-hybridized carbons (Fsp3) is 0.0435. The fourth-order valence-corrected chi connectivity index (χ4v) is 2.88. The Labute approximate surface area is 172 Å². The van der Waals surface area contributed by atoms with Crippen LogP contribution in [-0.2, 0) is 16.1 Å². The molecular weight excluding hydrogens is 384 g/mol. The van der Waals surface area contributed by atoms with Crippen LogP contribution < -0.4 is 4.74 Å². The molecule has 0 radical (unpaired) electrons. The van der Waals surface area contributed by atoms with Crippen LogP contribution in [-0.4, -0.2) is 16.8 Å². The number of nitrogens with zero attached hydrogens (tertiary/aromatic N) is 2. The van der Waals surface area contributed by atoms with Gasteiger partial charge in [0.25, 0.3) is 5.69 Å². The van der Waals surface area contributed by atoms with E-state index in [-0.39, 0.29) is 17.3 Å². The van der Waals surface area contributed by atoms with E-state index in [9.17, 15) is 14.9 Å². The molecule has 7 heteroatoms. The zero-order valence-corrected chi connectivity index (χ0v) is 15.7. The van der Waals surface area contributed by atoms with E-state index in [1.807, 2.05) is 48.5 Å². The first-order valence-corrected chi connectivity index (χ1v) is 9.13. The third-order valence-electron chi connectivity index (χ3n) is 4.33. The van der Waals surface area contributed by atoms with Crippen LogP contribution in [0.15, 0.2) is 89.6 Å². The van der Waals surface area contributed by atoms with Gasteiger partial charge < -0.3 is 9.47 Å². The first kappa shape index (κ1) is 19.1. The van der Waals surface area contributed by atoms with Gasteiger partial charge in [-0.05, 0) is 35.4 Å². The standard InChI is InChI=1S/C23H16N2O5/c26-23-21(24-22(30-23)18-9-5-10-19(14-18)25(27)28)13-17-8-4-11-20(12-17)29-15-16-6-2-1-3-7-16/h1-14H,15H2/b21-13+. The van der Waals surface area contributed by atoms with Crippen molar-refractivity contribution in [3.63, 3.8) is 0 Å². The Morgan fingerprint density at radius 2 is 1.80 bits per heavy atom. The summed E-state index contributed by atoms with van der Waals surface area (Å²) in [6, 6.07) is 22.8. The monoisotopic (exact) mass is 400 g/mol. The van der Waals surface area contributed by atoms with E-state index in [1.165, 1.54) is 18.2 Å². The number of benzene rings is 3. The van der Waals surface area contributed by atoms with Crippen LogP contribution in [0, 0.1) is 10.1 Å². The number of carbonyl (C=O) groups excluding carboxylic acids is 1. The topological polar surface area (TPSA) is 91.0 Å². The van der Waals surface area contributed by atoms with E-state index >= 15 is 0 Å². The lowest BCUT2D eigenvalue weighted by atomic mass is 10.2. The van der Waals surface area contributed by atoms with Crippen molar-refractivity contribution in [3.05, 3.63) is 111 Å². The Kier molecular flexibility index (Phi) is 5.34. The van der Waals surface area contributed by atoms with E-state index in [4.69, 9.17) is 9.47 Å². The molecule has 0 saturated heterocycles. The van der Waals surface area contributed by atoms with Crippen LogP contribution >= 0.6 is 0 Å². The van der Waals surface area contributed by atoms with Crippen LogP contribution in [0.2, 0.25) is 0 Å². The number of cyclic esters (lactones) is 1. The van der Waals surface area contributed by atoms with Gasteiger partial charge in [-0.3, -0.25) is 10.1 Å². The molecule has 0 amide bonds. The summed E-state index contributed by atoms with van der Waals surface area (Å²) in [5.41, 5.74) is 2.13. The summed E-state index contributed by atoms with van der Waals surface area (Å²) in [5.74, 6) is 0.0704. The maximum atomic E-state index is 12.2. The second-order valence-electron chi connectivity index (χ2n) is 6.49. The highest BCUT2D eigenvalue weighted by Crippen LogP contribution is 2.23. The van der Waals surface area contributed by atoms with Gasteiger partial charge >= 0.3 is 5.97 Å². The highest BCUT2D eigenvalue weighted by Gasteiger charge is 2.25. The summed E-state index contributed by atoms with van der Waals surface area (Å²) in [5, 5.41) is 10.9. The van der Waals surface area contributed by atoms with E-state index in [2.05, 4.69) is 4.99 Å². The van der Waals surface area contributed by atoms with Crippen molar-refractivity contribution >= 4 is 23.6 Å². The normalized spacial score (nSPS) is 14.3. The summed E-state index contributed by atoms with van der Waals surface area (Å²) < 4.78 is 11.0. The molecular formula is C23H16N2O5. The molecule has 4 rings (SSSR count). The van der Waals surface area contributed by atoms with E-state index in [1.54, 1.807) is 18.2 Å². The summed E-state index contributed by atoms with van der Waals surface area (Å²) in [6.07, 6.45) is 1.59. The van der Waals surface area contributed by atoms with E-state index in [0.29, 0.717) is 17.9 Å². The number of carbonyl (C=O) groups is 1. The van der Waals surface area contributed by atoms with Crippen molar-refractivity contribution in [1.29, 1.82) is 0 Å². The number of non-ortho nitro benzene ring substituents is 1. The first-order valence-electron chi connectivity index (χ1n) is 9.13. The Balaban J connectivity index is 1.53. The lowest BCUT2D eigenvalue weighted by Crippen LogP contribution is -2.05. The van der Waals surface area contributed by atoms with Crippen molar-refractivity contribution in [1.82, 2.24) is 0 Å². The molecule has 0 saturated carbocycles. The molecule has 0 aromatic heterocycles. The van der Waals surface area contributed by atoms with Gasteiger partial charge in [0.1, 0.15) is 12.4 Å². The molecule has 0 bridgehead atoms. The third kappa shape index (κ3) is 4.41. The van der Waals surface area contributed by atoms with Gasteiger partial charge in [-0.2, -0.15) is 0 Å². The SMILES string of the molecule is O=C1OC(c2cccc([N+](=O)[O-])c2)=N/C1=C/c1cccc(OCc2ccccc2)c1. The molecule has 30 heavy (non-hydrogen) atoms. The summed E-state index contributed by atoms with van der Waals surface area (Å²) in [4.78, 5) is 26.8. The average molecular weight is 400 g/mol. The zero-order chi connectivity index (χ0) is 20.9. The Bertz CT molecular complexity index is 1170. The third-order valence-corrected chi connectivity index (χ3v) is 4.33. The van der Waals surface area contributed by atoms with Crippen molar-refractivity contribution in [2.24, 2.45) is 4.99 Å². The molecule has 1 aliphatic heterocycles. The summed E-state index contributed by atoms with van der Waals surface area (Å²) in [7, 11) is 0. The van der Waals surface area contributed by atoms with Gasteiger partial charge in [0.15, 0.2) is 5.70 Å². The van der Waals surface area contributed by atoms with Gasteiger partial charge in [-0.15, -0.1) is 0 Å². The van der Waals surface area contributed by atoms with Crippen LogP contribution in [0.4, 0.5) is 5.69 Å². The van der Waals surface area contributed by atoms with Gasteiger partial charge in [-0.1, -0.05) is 48.5 Å². The van der Waals surface area contributed by atoms with Crippen molar-refractivity contribution < 1.29 is 19.2 Å². The van der Waals surface area contributed by atoms with Crippen LogP contribution in [0.3, 0.4) is 0 Å². The van der Waals surface area contributed by atoms with Crippen LogP contribution in [0.5, 0.6) is 5.75 Å². The molecule has 148 valence electrons. The maximum absolute atomic E-state index is 12.2. The molecule has 0 atom stereocenters. The van der Waals surface area contributed by atoms with Crippen molar-refractivity contribution in [2.75, 3.05) is 0 Å². The second-order valence-corrected chi connectivity index (χ2v) is 6.49. The first-order chi connectivity index (χ1) is 14.6. The fourth-order valence-electron chi connectivity index (χ4n) is 2.88. The molecule has 0 unspecified atom stereocenters. The minimum absolute atomic E-state index is 0.0337. The minimum atomic E-state index is -0.618. The van der Waals surface area contributed by atoms with E-state index in [0.717, 1.165) is 11.1 Å². The second kappa shape index (κ2) is 8.40. The lowest BCUT2D eigenvalue weighted by Gasteiger charge is -2.07. The zero-order valence-electron chi connectivity index (χ0n) is 15.7. The summed E-state index contributed by atoms with van der Waals surface area (Å²) >= 11 is 0. The van der Waals surface area contributed by atoms with Gasteiger partial charge in [0, 0.05) is 17.7 Å². The van der Waals surface area contributed by atoms with Crippen molar-refractivity contribution in [2.45, 2.75) is 6.61 Å². The molecule has 0 aliphatic carbocycles. The predicted octanol–water partition coefficient (Wildman–Crippen LogP) is 4.52. The Hall–Kier alpha value is -4.26. The number of hydrogen-bond acceptors (Lipinski definition) is 6.